The number of carbonyl (C=O) groups is 1. The van der Waals surface area contributed by atoms with E-state index in [2.05, 4.69) is 20.3 Å². The zero-order chi connectivity index (χ0) is 24.3. The number of benzene rings is 1. The number of carbonyl (C=O) groups excluding carboxylic acids is 1. The smallest absolute Gasteiger partial charge is 0.363 e. The van der Waals surface area contributed by atoms with Crippen LogP contribution >= 0.6 is 0 Å². The van der Waals surface area contributed by atoms with Crippen molar-refractivity contribution in [3.05, 3.63) is 77.1 Å². The molecule has 1 N–H and O–H groups in total. The third-order valence-corrected chi connectivity index (χ3v) is 5.44. The first kappa shape index (κ1) is 23.6. The fourth-order valence-electron chi connectivity index (χ4n) is 3.55. The molecule has 2 aromatic heterocycles. The fourth-order valence-corrected chi connectivity index (χ4v) is 3.55. The zero-order valence-corrected chi connectivity index (χ0v) is 18.4. The Balaban J connectivity index is 1.47. The number of Topliss-reactive ketones (excluding diaryl/α,β-unsaturated/α-hetero) is 1. The Kier molecular flexibility index (Phi) is 6.76. The molecule has 1 aromatic carbocycles. The number of aromatic nitrogens is 3. The van der Waals surface area contributed by atoms with Crippen LogP contribution in [-0.4, -0.2) is 26.8 Å². The lowest BCUT2D eigenvalue weighted by molar-refractivity contribution is -0.137. The normalized spacial score (nSPS) is 13.6. The van der Waals surface area contributed by atoms with Crippen LogP contribution in [0.4, 0.5) is 29.2 Å². The average Bonchev–Trinajstić information content (AvgIpc) is 3.63. The Morgan fingerprint density at radius 1 is 1.06 bits per heavy atom. The van der Waals surface area contributed by atoms with Gasteiger partial charge in [-0.05, 0) is 49.1 Å². The van der Waals surface area contributed by atoms with Gasteiger partial charge in [0, 0.05) is 37.4 Å². The van der Waals surface area contributed by atoms with Crippen LogP contribution in [0.3, 0.4) is 0 Å². The molecular formula is C24H23F4N5O. The Morgan fingerprint density at radius 3 is 2.35 bits per heavy atom. The number of ketones is 1. The Labute approximate surface area is 194 Å². The van der Waals surface area contributed by atoms with Gasteiger partial charge in [0.25, 0.3) is 0 Å². The lowest BCUT2D eigenvalue weighted by Crippen LogP contribution is -2.27. The maximum Gasteiger partial charge on any atom is 0.416 e. The predicted octanol–water partition coefficient (Wildman–Crippen LogP) is 4.94. The molecule has 0 radical (unpaired) electrons. The maximum absolute atomic E-state index is 15.3. The summed E-state index contributed by atoms with van der Waals surface area (Å²) in [5, 5.41) is 2.95. The van der Waals surface area contributed by atoms with Gasteiger partial charge < -0.3 is 10.2 Å². The van der Waals surface area contributed by atoms with Crippen molar-refractivity contribution in [3.63, 3.8) is 0 Å². The van der Waals surface area contributed by atoms with E-state index >= 15 is 4.39 Å². The molecule has 6 nitrogen and oxygen atoms in total. The number of alkyl halides is 3. The van der Waals surface area contributed by atoms with E-state index in [-0.39, 0.29) is 43.0 Å². The summed E-state index contributed by atoms with van der Waals surface area (Å²) < 4.78 is 53.9. The van der Waals surface area contributed by atoms with Crippen LogP contribution in [-0.2, 0) is 30.5 Å². The van der Waals surface area contributed by atoms with Crippen LogP contribution in [0.5, 0.6) is 0 Å². The number of hydrogen-bond acceptors (Lipinski definition) is 6. The highest BCUT2D eigenvalue weighted by molar-refractivity contribution is 5.77. The first-order chi connectivity index (χ1) is 16.2. The molecule has 0 saturated heterocycles. The van der Waals surface area contributed by atoms with Gasteiger partial charge in [0.15, 0.2) is 11.6 Å². The van der Waals surface area contributed by atoms with Crippen LogP contribution in [0.15, 0.2) is 48.9 Å². The van der Waals surface area contributed by atoms with E-state index in [1.54, 1.807) is 23.2 Å². The van der Waals surface area contributed by atoms with E-state index < -0.39 is 17.6 Å². The van der Waals surface area contributed by atoms with E-state index in [9.17, 15) is 18.0 Å². The zero-order valence-electron chi connectivity index (χ0n) is 18.4. The number of rotatable bonds is 9. The van der Waals surface area contributed by atoms with Gasteiger partial charge in [0.05, 0.1) is 5.56 Å². The van der Waals surface area contributed by atoms with Gasteiger partial charge >= 0.3 is 6.18 Å². The minimum absolute atomic E-state index is 0.0190. The summed E-state index contributed by atoms with van der Waals surface area (Å²) in [7, 11) is 0. The molecule has 0 amide bonds. The first-order valence-electron chi connectivity index (χ1n) is 10.8. The summed E-state index contributed by atoms with van der Waals surface area (Å²) in [6.07, 6.45) is 0.435. The molecule has 2 heterocycles. The van der Waals surface area contributed by atoms with Gasteiger partial charge in [-0.1, -0.05) is 18.2 Å². The SMILES string of the molecule is CC(=O)Cc1ccc(CNc2ncnc(N(Cc3ccc(C(F)(F)F)cc3)C3CC3)c2F)cn1. The molecule has 0 atom stereocenters. The first-order valence-corrected chi connectivity index (χ1v) is 10.8. The van der Waals surface area contributed by atoms with E-state index in [4.69, 9.17) is 0 Å². The monoisotopic (exact) mass is 473 g/mol. The number of pyridine rings is 1. The fraction of sp³-hybridized carbons (Fsp3) is 0.333. The third-order valence-electron chi connectivity index (χ3n) is 5.44. The molecule has 1 aliphatic carbocycles. The molecule has 10 heteroatoms. The van der Waals surface area contributed by atoms with Gasteiger partial charge in [-0.15, -0.1) is 0 Å². The summed E-state index contributed by atoms with van der Waals surface area (Å²) in [5.74, 6) is -0.473. The average molecular weight is 473 g/mol. The minimum atomic E-state index is -4.41. The molecule has 178 valence electrons. The summed E-state index contributed by atoms with van der Waals surface area (Å²) in [5.41, 5.74) is 1.35. The molecule has 34 heavy (non-hydrogen) atoms. The number of anilines is 2. The quantitative estimate of drug-likeness (QED) is 0.444. The molecule has 1 aliphatic rings. The van der Waals surface area contributed by atoms with Gasteiger partial charge in [-0.3, -0.25) is 9.78 Å². The minimum Gasteiger partial charge on any atom is -0.363 e. The summed E-state index contributed by atoms with van der Waals surface area (Å²) in [6, 6.07) is 8.48. The van der Waals surface area contributed by atoms with Gasteiger partial charge in [-0.25, -0.2) is 9.97 Å². The standard InChI is InChI=1S/C24H23F4N5O/c1-15(34)10-19-7-4-17(11-29-19)12-30-22-21(25)23(32-14-31-22)33(20-8-9-20)13-16-2-5-18(6-3-16)24(26,27)28/h2-7,11,14,20H,8-10,12-13H2,1H3,(H,30,31,32). The van der Waals surface area contributed by atoms with Crippen molar-refractivity contribution in [1.29, 1.82) is 0 Å². The van der Waals surface area contributed by atoms with E-state index in [1.807, 2.05) is 0 Å². The summed E-state index contributed by atoms with van der Waals surface area (Å²) in [6.45, 7) is 2.00. The number of hydrogen-bond donors (Lipinski definition) is 1. The second-order valence-corrected chi connectivity index (χ2v) is 8.30. The van der Waals surface area contributed by atoms with E-state index in [0.717, 1.165) is 30.5 Å². The molecule has 1 fully saturated rings. The highest BCUT2D eigenvalue weighted by Gasteiger charge is 2.33. The second-order valence-electron chi connectivity index (χ2n) is 8.30. The van der Waals surface area contributed by atoms with Crippen molar-refractivity contribution in [2.45, 2.75) is 51.5 Å². The molecule has 3 aromatic rings. The highest BCUT2D eigenvalue weighted by Crippen LogP contribution is 2.35. The predicted molar refractivity (Wildman–Crippen MR) is 119 cm³/mol. The molecular weight excluding hydrogens is 450 g/mol. The number of nitrogens with one attached hydrogen (secondary N) is 1. The Hall–Kier alpha value is -3.56. The summed E-state index contributed by atoms with van der Waals surface area (Å²) >= 11 is 0. The van der Waals surface area contributed by atoms with Crippen molar-refractivity contribution in [2.24, 2.45) is 0 Å². The van der Waals surface area contributed by atoms with E-state index in [1.165, 1.54) is 25.4 Å². The van der Waals surface area contributed by atoms with Gasteiger partial charge in [-0.2, -0.15) is 17.6 Å². The van der Waals surface area contributed by atoms with E-state index in [0.29, 0.717) is 11.3 Å². The van der Waals surface area contributed by atoms with Crippen molar-refractivity contribution in [3.8, 4) is 0 Å². The van der Waals surface area contributed by atoms with Crippen LogP contribution in [0.25, 0.3) is 0 Å². The van der Waals surface area contributed by atoms with Crippen molar-refractivity contribution in [1.82, 2.24) is 15.0 Å². The molecule has 1 saturated carbocycles. The lowest BCUT2D eigenvalue weighted by atomic mass is 10.1. The van der Waals surface area contributed by atoms with Crippen LogP contribution in [0.2, 0.25) is 0 Å². The number of nitrogens with zero attached hydrogens (tertiary/aromatic N) is 4. The lowest BCUT2D eigenvalue weighted by Gasteiger charge is -2.24. The number of halogens is 4. The Bertz CT molecular complexity index is 1150. The van der Waals surface area contributed by atoms with Gasteiger partial charge in [0.1, 0.15) is 12.1 Å². The molecule has 0 unspecified atom stereocenters. The largest absolute Gasteiger partial charge is 0.416 e. The van der Waals surface area contributed by atoms with Crippen LogP contribution in [0, 0.1) is 5.82 Å². The summed E-state index contributed by atoms with van der Waals surface area (Å²) in [4.78, 5) is 25.3. The van der Waals surface area contributed by atoms with Gasteiger partial charge in [0.2, 0.25) is 5.82 Å². The Morgan fingerprint density at radius 2 is 1.76 bits per heavy atom. The molecule has 0 aliphatic heterocycles. The van der Waals surface area contributed by atoms with Crippen molar-refractivity contribution < 1.29 is 22.4 Å². The van der Waals surface area contributed by atoms with Crippen LogP contribution < -0.4 is 10.2 Å². The molecule has 0 bridgehead atoms. The topological polar surface area (TPSA) is 71.0 Å². The maximum atomic E-state index is 15.3. The highest BCUT2D eigenvalue weighted by atomic mass is 19.4. The molecule has 4 rings (SSSR count). The van der Waals surface area contributed by atoms with Crippen molar-refractivity contribution in [2.75, 3.05) is 10.2 Å². The molecule has 0 spiro atoms. The van der Waals surface area contributed by atoms with Crippen LogP contribution in [0.1, 0.15) is 42.1 Å². The van der Waals surface area contributed by atoms with Crippen molar-refractivity contribution >= 4 is 17.4 Å². The third kappa shape index (κ3) is 5.86. The second kappa shape index (κ2) is 9.74.